The van der Waals surface area contributed by atoms with E-state index in [2.05, 4.69) is 31.6 Å². The smallest absolute Gasteiger partial charge is 0.231 e. The lowest BCUT2D eigenvalue weighted by molar-refractivity contribution is 0.173. The van der Waals surface area contributed by atoms with Gasteiger partial charge in [0.15, 0.2) is 17.5 Å². The molecule has 0 saturated heterocycles. The number of ether oxygens (including phenoxy) is 2. The molecule has 1 aliphatic rings. The number of hydrogen-bond acceptors (Lipinski definition) is 5. The first-order valence-corrected chi connectivity index (χ1v) is 10.9. The Morgan fingerprint density at radius 3 is 2.84 bits per heavy atom. The molecule has 140 valence electrons. The van der Waals surface area contributed by atoms with E-state index < -0.39 is 9.84 Å². The molecule has 0 fully saturated rings. The van der Waals surface area contributed by atoms with Crippen LogP contribution >= 0.6 is 15.9 Å². The van der Waals surface area contributed by atoms with E-state index in [1.807, 2.05) is 26.0 Å². The lowest BCUT2D eigenvalue weighted by atomic mass is 10.2. The zero-order chi connectivity index (χ0) is 18.4. The van der Waals surface area contributed by atoms with E-state index >= 15 is 0 Å². The van der Waals surface area contributed by atoms with Crippen molar-refractivity contribution in [1.29, 1.82) is 0 Å². The van der Waals surface area contributed by atoms with Gasteiger partial charge in [-0.3, -0.25) is 0 Å². The highest BCUT2D eigenvalue weighted by molar-refractivity contribution is 9.10. The Balaban J connectivity index is 2.01. The van der Waals surface area contributed by atoms with Crippen LogP contribution in [0.1, 0.15) is 25.8 Å². The number of nitrogens with zero attached hydrogens (tertiary/aromatic N) is 1. The third-order valence-corrected chi connectivity index (χ3v) is 5.12. The predicted octanol–water partition coefficient (Wildman–Crippen LogP) is 2.06. The summed E-state index contributed by atoms with van der Waals surface area (Å²) in [4.78, 5) is 4.56. The van der Waals surface area contributed by atoms with Gasteiger partial charge in [-0.25, -0.2) is 13.4 Å². The van der Waals surface area contributed by atoms with Crippen molar-refractivity contribution in [3.63, 3.8) is 0 Å². The van der Waals surface area contributed by atoms with Gasteiger partial charge in [-0.05, 0) is 53.9 Å². The van der Waals surface area contributed by atoms with E-state index in [1.54, 1.807) is 0 Å². The van der Waals surface area contributed by atoms with Crippen molar-refractivity contribution in [2.24, 2.45) is 4.99 Å². The van der Waals surface area contributed by atoms with E-state index in [0.717, 1.165) is 16.6 Å². The molecule has 0 radical (unpaired) electrons. The summed E-state index contributed by atoms with van der Waals surface area (Å²) < 4.78 is 34.2. The highest BCUT2D eigenvalue weighted by Gasteiger charge is 2.18. The molecule has 0 aliphatic carbocycles. The molecule has 25 heavy (non-hydrogen) atoms. The number of aliphatic imine (C=N–C) groups is 1. The number of benzene rings is 1. The summed E-state index contributed by atoms with van der Waals surface area (Å²) in [6, 6.07) is 3.86. The van der Waals surface area contributed by atoms with Crippen LogP contribution in [-0.4, -0.2) is 45.8 Å². The second-order valence-corrected chi connectivity index (χ2v) is 9.08. The standard InChI is InChI=1S/C16H24BrN3O4S/c1-4-18-16(20-11(2)5-6-25(3,21)22)19-9-12-7-13(17)15-14(8-12)23-10-24-15/h7-8,11H,4-6,9-10H2,1-3H3,(H2,18,19,20). The number of guanidine groups is 1. The van der Waals surface area contributed by atoms with Gasteiger partial charge in [0.1, 0.15) is 9.84 Å². The third-order valence-electron chi connectivity index (χ3n) is 3.56. The van der Waals surface area contributed by atoms with Crippen LogP contribution in [0.4, 0.5) is 0 Å². The van der Waals surface area contributed by atoms with Gasteiger partial charge in [-0.2, -0.15) is 0 Å². The molecule has 1 unspecified atom stereocenters. The van der Waals surface area contributed by atoms with Gasteiger partial charge in [-0.1, -0.05) is 0 Å². The molecule has 7 nitrogen and oxygen atoms in total. The molecule has 0 bridgehead atoms. The van der Waals surface area contributed by atoms with E-state index in [4.69, 9.17) is 9.47 Å². The van der Waals surface area contributed by atoms with Crippen LogP contribution in [0.2, 0.25) is 0 Å². The van der Waals surface area contributed by atoms with Gasteiger partial charge in [0.05, 0.1) is 16.8 Å². The fourth-order valence-corrected chi connectivity index (χ4v) is 3.68. The molecule has 1 atom stereocenters. The molecule has 0 spiro atoms. The van der Waals surface area contributed by atoms with Crippen LogP contribution in [0.25, 0.3) is 0 Å². The summed E-state index contributed by atoms with van der Waals surface area (Å²) in [7, 11) is -2.96. The molecule has 0 amide bonds. The molecule has 0 aromatic heterocycles. The molecule has 1 aromatic carbocycles. The maximum absolute atomic E-state index is 11.3. The number of sulfone groups is 1. The minimum Gasteiger partial charge on any atom is -0.454 e. The molecule has 0 saturated carbocycles. The van der Waals surface area contributed by atoms with E-state index in [9.17, 15) is 8.42 Å². The maximum atomic E-state index is 11.3. The average Bonchev–Trinajstić information content (AvgIpc) is 2.99. The lowest BCUT2D eigenvalue weighted by Crippen LogP contribution is -2.42. The van der Waals surface area contributed by atoms with Gasteiger partial charge >= 0.3 is 0 Å². The summed E-state index contributed by atoms with van der Waals surface area (Å²) in [5.74, 6) is 2.22. The molecular formula is C16H24BrN3O4S. The maximum Gasteiger partial charge on any atom is 0.231 e. The Morgan fingerprint density at radius 2 is 2.16 bits per heavy atom. The molecule has 2 rings (SSSR count). The fourth-order valence-electron chi connectivity index (χ4n) is 2.30. The minimum atomic E-state index is -2.96. The van der Waals surface area contributed by atoms with Gasteiger partial charge < -0.3 is 20.1 Å². The summed E-state index contributed by atoms with van der Waals surface area (Å²) >= 11 is 3.47. The Morgan fingerprint density at radius 1 is 1.40 bits per heavy atom. The number of fused-ring (bicyclic) bond motifs is 1. The Labute approximate surface area is 157 Å². The first kappa shape index (κ1) is 19.8. The summed E-state index contributed by atoms with van der Waals surface area (Å²) in [5, 5.41) is 6.40. The van der Waals surface area contributed by atoms with Crippen LogP contribution in [0.3, 0.4) is 0 Å². The van der Waals surface area contributed by atoms with Gasteiger partial charge in [-0.15, -0.1) is 0 Å². The van der Waals surface area contributed by atoms with Crippen LogP contribution in [0.15, 0.2) is 21.6 Å². The topological polar surface area (TPSA) is 89.0 Å². The quantitative estimate of drug-likeness (QED) is 0.505. The molecule has 2 N–H and O–H groups in total. The zero-order valence-electron chi connectivity index (χ0n) is 14.6. The summed E-state index contributed by atoms with van der Waals surface area (Å²) in [6.45, 7) is 5.33. The number of halogens is 1. The van der Waals surface area contributed by atoms with E-state index in [-0.39, 0.29) is 18.6 Å². The molecule has 1 aromatic rings. The van der Waals surface area contributed by atoms with E-state index in [1.165, 1.54) is 6.26 Å². The van der Waals surface area contributed by atoms with Crippen LogP contribution in [-0.2, 0) is 16.4 Å². The van der Waals surface area contributed by atoms with Crippen LogP contribution in [0.5, 0.6) is 11.5 Å². The monoisotopic (exact) mass is 433 g/mol. The SMILES string of the molecule is CCNC(=NCc1cc(Br)c2c(c1)OCO2)NC(C)CCS(C)(=O)=O. The van der Waals surface area contributed by atoms with Crippen molar-refractivity contribution >= 4 is 31.7 Å². The van der Waals surface area contributed by atoms with Crippen molar-refractivity contribution in [2.45, 2.75) is 32.9 Å². The Bertz CT molecular complexity index is 737. The largest absolute Gasteiger partial charge is 0.454 e. The highest BCUT2D eigenvalue weighted by atomic mass is 79.9. The second-order valence-electron chi connectivity index (χ2n) is 5.97. The predicted molar refractivity (Wildman–Crippen MR) is 102 cm³/mol. The molecule has 1 aliphatic heterocycles. The second kappa shape index (κ2) is 8.75. The van der Waals surface area contributed by atoms with Crippen molar-refractivity contribution < 1.29 is 17.9 Å². The van der Waals surface area contributed by atoms with Crippen molar-refractivity contribution in [3.05, 3.63) is 22.2 Å². The molecular weight excluding hydrogens is 410 g/mol. The third kappa shape index (κ3) is 6.39. The molecule has 9 heteroatoms. The van der Waals surface area contributed by atoms with E-state index in [0.29, 0.717) is 30.4 Å². The average molecular weight is 434 g/mol. The normalized spacial score (nSPS) is 15.1. The summed E-state index contributed by atoms with van der Waals surface area (Å²) in [5.41, 5.74) is 0.983. The van der Waals surface area contributed by atoms with Crippen molar-refractivity contribution in [3.8, 4) is 11.5 Å². The Hall–Kier alpha value is -1.48. The van der Waals surface area contributed by atoms with Crippen LogP contribution in [0, 0.1) is 0 Å². The fraction of sp³-hybridized carbons (Fsp3) is 0.562. The number of rotatable bonds is 7. The summed E-state index contributed by atoms with van der Waals surface area (Å²) in [6.07, 6.45) is 1.77. The molecule has 1 heterocycles. The first-order valence-electron chi connectivity index (χ1n) is 8.09. The zero-order valence-corrected chi connectivity index (χ0v) is 17.0. The number of nitrogens with one attached hydrogen (secondary N) is 2. The van der Waals surface area contributed by atoms with Crippen LogP contribution < -0.4 is 20.1 Å². The minimum absolute atomic E-state index is 0.00369. The lowest BCUT2D eigenvalue weighted by Gasteiger charge is -2.17. The van der Waals surface area contributed by atoms with Crippen molar-refractivity contribution in [2.75, 3.05) is 25.3 Å². The Kier molecular flexibility index (Phi) is 6.95. The highest BCUT2D eigenvalue weighted by Crippen LogP contribution is 2.40. The van der Waals surface area contributed by atoms with Gasteiger partial charge in [0.25, 0.3) is 0 Å². The van der Waals surface area contributed by atoms with Crippen molar-refractivity contribution in [1.82, 2.24) is 10.6 Å². The number of hydrogen-bond donors (Lipinski definition) is 2. The first-order chi connectivity index (χ1) is 11.8. The van der Waals surface area contributed by atoms with Gasteiger partial charge in [0, 0.05) is 18.8 Å². The van der Waals surface area contributed by atoms with Gasteiger partial charge in [0.2, 0.25) is 6.79 Å².